The Morgan fingerprint density at radius 2 is 2.23 bits per heavy atom. The van der Waals surface area contributed by atoms with Gasteiger partial charge < -0.3 is 4.90 Å². The van der Waals surface area contributed by atoms with Crippen molar-refractivity contribution >= 4 is 21.6 Å². The maximum atomic E-state index is 3.51. The molecule has 1 nitrogen and oxygen atoms in total. The van der Waals surface area contributed by atoms with Crippen LogP contribution in [0.15, 0.2) is 22.7 Å². The van der Waals surface area contributed by atoms with Crippen LogP contribution in [0.2, 0.25) is 0 Å². The quantitative estimate of drug-likeness (QED) is 0.727. The van der Waals surface area contributed by atoms with E-state index in [2.05, 4.69) is 52.9 Å². The second-order valence-corrected chi connectivity index (χ2v) is 4.68. The van der Waals surface area contributed by atoms with Gasteiger partial charge in [-0.1, -0.05) is 22.0 Å². The van der Waals surface area contributed by atoms with E-state index in [-0.39, 0.29) is 0 Å². The van der Waals surface area contributed by atoms with E-state index in [0.29, 0.717) is 6.04 Å². The van der Waals surface area contributed by atoms with Crippen LogP contribution in [0.4, 0.5) is 5.69 Å². The summed E-state index contributed by atoms with van der Waals surface area (Å²) in [7, 11) is 0. The summed E-state index contributed by atoms with van der Waals surface area (Å²) in [6, 6.07) is 7.20. The first-order chi connectivity index (χ1) is 6.18. The molecule has 1 heterocycles. The molecular formula is C11H14BrN. The lowest BCUT2D eigenvalue weighted by molar-refractivity contribution is 0.480. The smallest absolute Gasteiger partial charge is 0.0409 e. The largest absolute Gasteiger partial charge is 0.368 e. The molecule has 0 amide bonds. The van der Waals surface area contributed by atoms with Gasteiger partial charge in [0.2, 0.25) is 0 Å². The van der Waals surface area contributed by atoms with Gasteiger partial charge in [-0.15, -0.1) is 0 Å². The highest BCUT2D eigenvalue weighted by Crippen LogP contribution is 2.31. The first kappa shape index (κ1) is 9.07. The van der Waals surface area contributed by atoms with Gasteiger partial charge in [0, 0.05) is 22.7 Å². The van der Waals surface area contributed by atoms with Gasteiger partial charge in [0.15, 0.2) is 0 Å². The molecule has 1 atom stereocenters. The SMILES string of the molecule is Cc1ccc(Br)cc1N1CCC1C. The molecule has 0 spiro atoms. The first-order valence-electron chi connectivity index (χ1n) is 4.71. The van der Waals surface area contributed by atoms with E-state index in [1.165, 1.54) is 28.7 Å². The molecule has 0 N–H and O–H groups in total. The fourth-order valence-corrected chi connectivity index (χ4v) is 2.12. The van der Waals surface area contributed by atoms with Crippen molar-refractivity contribution in [2.75, 3.05) is 11.4 Å². The summed E-state index contributed by atoms with van der Waals surface area (Å²) in [6.07, 6.45) is 1.33. The molecule has 1 unspecified atom stereocenters. The second-order valence-electron chi connectivity index (χ2n) is 3.76. The number of hydrogen-bond donors (Lipinski definition) is 0. The number of rotatable bonds is 1. The summed E-state index contributed by atoms with van der Waals surface area (Å²) in [5.74, 6) is 0. The second kappa shape index (κ2) is 3.33. The fraction of sp³-hybridized carbons (Fsp3) is 0.455. The Balaban J connectivity index is 2.33. The van der Waals surface area contributed by atoms with Crippen molar-refractivity contribution in [3.63, 3.8) is 0 Å². The Bertz CT molecular complexity index is 322. The molecule has 1 aliphatic heterocycles. The molecule has 0 radical (unpaired) electrons. The maximum Gasteiger partial charge on any atom is 0.0409 e. The minimum Gasteiger partial charge on any atom is -0.368 e. The third-order valence-corrected chi connectivity index (χ3v) is 3.29. The third kappa shape index (κ3) is 1.60. The Kier molecular flexibility index (Phi) is 2.33. The van der Waals surface area contributed by atoms with E-state index >= 15 is 0 Å². The number of benzene rings is 1. The molecule has 0 aromatic heterocycles. The predicted octanol–water partition coefficient (Wildman–Crippen LogP) is 3.36. The van der Waals surface area contributed by atoms with Crippen molar-refractivity contribution in [2.24, 2.45) is 0 Å². The van der Waals surface area contributed by atoms with Gasteiger partial charge in [-0.25, -0.2) is 0 Å². The van der Waals surface area contributed by atoms with E-state index in [1.54, 1.807) is 0 Å². The van der Waals surface area contributed by atoms with Gasteiger partial charge in [-0.2, -0.15) is 0 Å². The van der Waals surface area contributed by atoms with Crippen LogP contribution in [0, 0.1) is 6.92 Å². The number of hydrogen-bond acceptors (Lipinski definition) is 1. The van der Waals surface area contributed by atoms with Crippen LogP contribution in [0.5, 0.6) is 0 Å². The lowest BCUT2D eigenvalue weighted by atomic mass is 10.0. The zero-order valence-electron chi connectivity index (χ0n) is 8.05. The summed E-state index contributed by atoms with van der Waals surface area (Å²) in [5.41, 5.74) is 2.75. The van der Waals surface area contributed by atoms with Crippen LogP contribution >= 0.6 is 15.9 Å². The van der Waals surface area contributed by atoms with Crippen LogP contribution in [0.25, 0.3) is 0 Å². The standard InChI is InChI=1S/C11H14BrN/c1-8-3-4-10(12)7-11(8)13-6-5-9(13)2/h3-4,7,9H,5-6H2,1-2H3. The van der Waals surface area contributed by atoms with Crippen LogP contribution in [-0.2, 0) is 0 Å². The number of halogens is 1. The lowest BCUT2D eigenvalue weighted by Gasteiger charge is -2.41. The molecule has 1 aromatic carbocycles. The van der Waals surface area contributed by atoms with Crippen LogP contribution in [0.3, 0.4) is 0 Å². The van der Waals surface area contributed by atoms with Crippen molar-refractivity contribution < 1.29 is 0 Å². The molecule has 13 heavy (non-hydrogen) atoms. The van der Waals surface area contributed by atoms with Crippen molar-refractivity contribution in [1.82, 2.24) is 0 Å². The Morgan fingerprint density at radius 1 is 1.46 bits per heavy atom. The first-order valence-corrected chi connectivity index (χ1v) is 5.50. The highest BCUT2D eigenvalue weighted by atomic mass is 79.9. The number of aryl methyl sites for hydroxylation is 1. The van der Waals surface area contributed by atoms with Crippen molar-refractivity contribution in [3.8, 4) is 0 Å². The van der Waals surface area contributed by atoms with Crippen LogP contribution in [-0.4, -0.2) is 12.6 Å². The van der Waals surface area contributed by atoms with Gasteiger partial charge in [-0.05, 0) is 38.0 Å². The molecule has 1 fully saturated rings. The van der Waals surface area contributed by atoms with Gasteiger partial charge in [0.1, 0.15) is 0 Å². The van der Waals surface area contributed by atoms with Gasteiger partial charge in [-0.3, -0.25) is 0 Å². The molecule has 0 saturated carbocycles. The number of anilines is 1. The van der Waals surface area contributed by atoms with E-state index in [0.717, 1.165) is 0 Å². The molecule has 2 heteroatoms. The van der Waals surface area contributed by atoms with Crippen LogP contribution < -0.4 is 4.90 Å². The van der Waals surface area contributed by atoms with Gasteiger partial charge >= 0.3 is 0 Å². The molecule has 0 aliphatic carbocycles. The minimum absolute atomic E-state index is 0.716. The average Bonchev–Trinajstić information content (AvgIpc) is 2.09. The maximum absolute atomic E-state index is 3.51. The third-order valence-electron chi connectivity index (χ3n) is 2.80. The summed E-state index contributed by atoms with van der Waals surface area (Å²) in [5, 5.41) is 0. The fourth-order valence-electron chi connectivity index (χ4n) is 1.77. The molecule has 1 aromatic rings. The van der Waals surface area contributed by atoms with Gasteiger partial charge in [0.05, 0.1) is 0 Å². The van der Waals surface area contributed by atoms with Crippen molar-refractivity contribution in [1.29, 1.82) is 0 Å². The van der Waals surface area contributed by atoms with E-state index in [1.807, 2.05) is 0 Å². The molecule has 1 saturated heterocycles. The summed E-state index contributed by atoms with van der Waals surface area (Å²) in [6.45, 7) is 5.66. The molecule has 1 aliphatic rings. The highest BCUT2D eigenvalue weighted by Gasteiger charge is 2.24. The minimum atomic E-state index is 0.716. The van der Waals surface area contributed by atoms with E-state index in [9.17, 15) is 0 Å². The zero-order chi connectivity index (χ0) is 9.42. The monoisotopic (exact) mass is 239 g/mol. The molecule has 0 bridgehead atoms. The summed E-state index contributed by atoms with van der Waals surface area (Å²) < 4.78 is 1.17. The van der Waals surface area contributed by atoms with E-state index in [4.69, 9.17) is 0 Å². The predicted molar refractivity (Wildman–Crippen MR) is 60.3 cm³/mol. The normalized spacial score (nSPS) is 21.5. The Labute approximate surface area is 87.9 Å². The summed E-state index contributed by atoms with van der Waals surface area (Å²) >= 11 is 3.51. The topological polar surface area (TPSA) is 3.24 Å². The Hall–Kier alpha value is -0.500. The summed E-state index contributed by atoms with van der Waals surface area (Å²) in [4.78, 5) is 2.46. The van der Waals surface area contributed by atoms with Crippen molar-refractivity contribution in [3.05, 3.63) is 28.2 Å². The van der Waals surface area contributed by atoms with Crippen LogP contribution in [0.1, 0.15) is 18.9 Å². The number of nitrogens with zero attached hydrogens (tertiary/aromatic N) is 1. The van der Waals surface area contributed by atoms with Gasteiger partial charge in [0.25, 0.3) is 0 Å². The Morgan fingerprint density at radius 3 is 2.77 bits per heavy atom. The van der Waals surface area contributed by atoms with Crippen molar-refractivity contribution in [2.45, 2.75) is 26.3 Å². The average molecular weight is 240 g/mol. The molecule has 70 valence electrons. The van der Waals surface area contributed by atoms with E-state index < -0.39 is 0 Å². The lowest BCUT2D eigenvalue weighted by Crippen LogP contribution is -2.46. The molecular weight excluding hydrogens is 226 g/mol. The zero-order valence-corrected chi connectivity index (χ0v) is 9.63. The molecule has 2 rings (SSSR count). The highest BCUT2D eigenvalue weighted by molar-refractivity contribution is 9.10.